The Balaban J connectivity index is 3.28. The molecule has 5 heteroatoms. The highest BCUT2D eigenvalue weighted by Crippen LogP contribution is 2.20. The molecule has 24 heavy (non-hydrogen) atoms. The van der Waals surface area contributed by atoms with Crippen molar-refractivity contribution in [2.24, 2.45) is 0 Å². The van der Waals surface area contributed by atoms with Crippen LogP contribution in [-0.2, 0) is 14.3 Å². The van der Waals surface area contributed by atoms with Crippen LogP contribution in [0.4, 0.5) is 0 Å². The minimum Gasteiger partial charge on any atom is -0.462 e. The maximum absolute atomic E-state index is 13.0. The summed E-state index contributed by atoms with van der Waals surface area (Å²) >= 11 is 0. The Labute approximate surface area is 144 Å². The van der Waals surface area contributed by atoms with E-state index in [1.807, 2.05) is 51.4 Å². The van der Waals surface area contributed by atoms with Gasteiger partial charge < -0.3 is 14.5 Å². The van der Waals surface area contributed by atoms with Gasteiger partial charge in [0.05, 0.1) is 6.61 Å². The van der Waals surface area contributed by atoms with Gasteiger partial charge in [-0.25, -0.2) is 4.79 Å². The van der Waals surface area contributed by atoms with E-state index in [1.54, 1.807) is 30.1 Å². The van der Waals surface area contributed by atoms with Crippen LogP contribution in [-0.4, -0.2) is 56.3 Å². The van der Waals surface area contributed by atoms with Gasteiger partial charge in [0.2, 0.25) is 5.78 Å². The molecule has 0 aliphatic heterocycles. The maximum Gasteiger partial charge on any atom is 0.343 e. The minimum atomic E-state index is -0.601. The summed E-state index contributed by atoms with van der Waals surface area (Å²) in [6.45, 7) is 2.20. The summed E-state index contributed by atoms with van der Waals surface area (Å²) in [5, 5.41) is 0. The zero-order valence-electron chi connectivity index (χ0n) is 15.1. The Kier molecular flexibility index (Phi) is 7.75. The number of benzene rings is 1. The zero-order valence-corrected chi connectivity index (χ0v) is 15.1. The second-order valence-corrected chi connectivity index (χ2v) is 5.84. The van der Waals surface area contributed by atoms with Crippen molar-refractivity contribution in [1.82, 2.24) is 9.80 Å². The lowest BCUT2D eigenvalue weighted by atomic mass is 9.97. The van der Waals surface area contributed by atoms with E-state index in [0.717, 1.165) is 5.56 Å². The molecule has 0 saturated heterocycles. The molecule has 1 aromatic carbocycles. The first-order valence-corrected chi connectivity index (χ1v) is 7.90. The van der Waals surface area contributed by atoms with Gasteiger partial charge in [0, 0.05) is 46.2 Å². The predicted octanol–water partition coefficient (Wildman–Crippen LogP) is 2.56. The first-order chi connectivity index (χ1) is 11.4. The lowest BCUT2D eigenvalue weighted by molar-refractivity contribution is -0.140. The summed E-state index contributed by atoms with van der Waals surface area (Å²) in [5.41, 5.74) is 1.22. The molecule has 1 aromatic rings. The third kappa shape index (κ3) is 5.91. The van der Waals surface area contributed by atoms with Crippen LogP contribution < -0.4 is 0 Å². The molecule has 0 atom stereocenters. The van der Waals surface area contributed by atoms with Crippen molar-refractivity contribution in [2.75, 3.05) is 34.8 Å². The zero-order chi connectivity index (χ0) is 18.1. The lowest BCUT2D eigenvalue weighted by Crippen LogP contribution is -2.21. The van der Waals surface area contributed by atoms with Gasteiger partial charge in [-0.15, -0.1) is 0 Å². The number of carbonyl (C=O) groups is 2. The molecule has 0 saturated carbocycles. The molecule has 130 valence electrons. The molecular formula is C19H26N2O3. The number of nitrogens with zero attached hydrogens (tertiary/aromatic N) is 2. The quantitative estimate of drug-likeness (QED) is 0.317. The number of hydrogen-bond acceptors (Lipinski definition) is 5. The van der Waals surface area contributed by atoms with Gasteiger partial charge in [0.1, 0.15) is 5.57 Å². The van der Waals surface area contributed by atoms with Crippen LogP contribution in [0.1, 0.15) is 18.9 Å². The number of carbonyl (C=O) groups excluding carboxylic acids is 2. The summed E-state index contributed by atoms with van der Waals surface area (Å²) in [5.74, 6) is -0.958. The molecule has 5 nitrogen and oxygen atoms in total. The molecule has 0 spiro atoms. The van der Waals surface area contributed by atoms with Crippen molar-refractivity contribution in [1.29, 1.82) is 0 Å². The standard InChI is InChI=1S/C19H26N2O3/c1-6-12-24-19(23)17(14-21(4)5)18(22)16(13-20(2)3)15-10-8-7-9-11-15/h7-11,13-14H,6,12H2,1-5H3/b16-13+,17-14-. The second kappa shape index (κ2) is 9.55. The van der Waals surface area contributed by atoms with Crippen LogP contribution in [0.5, 0.6) is 0 Å². The van der Waals surface area contributed by atoms with Gasteiger partial charge in [-0.2, -0.15) is 0 Å². The van der Waals surface area contributed by atoms with E-state index in [2.05, 4.69) is 0 Å². The molecule has 0 aromatic heterocycles. The van der Waals surface area contributed by atoms with Crippen LogP contribution in [0, 0.1) is 0 Å². The Morgan fingerprint density at radius 3 is 2.08 bits per heavy atom. The van der Waals surface area contributed by atoms with Crippen molar-refractivity contribution in [2.45, 2.75) is 13.3 Å². The molecule has 0 radical (unpaired) electrons. The fraction of sp³-hybridized carbons (Fsp3) is 0.368. The highest BCUT2D eigenvalue weighted by Gasteiger charge is 2.24. The third-order valence-corrected chi connectivity index (χ3v) is 3.01. The largest absolute Gasteiger partial charge is 0.462 e. The van der Waals surface area contributed by atoms with Gasteiger partial charge in [0.25, 0.3) is 0 Å². The normalized spacial score (nSPS) is 11.9. The summed E-state index contributed by atoms with van der Waals surface area (Å²) in [6, 6.07) is 9.29. The van der Waals surface area contributed by atoms with E-state index in [4.69, 9.17) is 4.74 Å². The Bertz CT molecular complexity index is 617. The fourth-order valence-electron chi connectivity index (χ4n) is 2.02. The Morgan fingerprint density at radius 2 is 1.58 bits per heavy atom. The van der Waals surface area contributed by atoms with E-state index in [0.29, 0.717) is 12.0 Å². The molecule has 0 unspecified atom stereocenters. The number of rotatable bonds is 8. The molecule has 1 rings (SSSR count). The topological polar surface area (TPSA) is 49.9 Å². The number of allylic oxidation sites excluding steroid dienone is 1. The van der Waals surface area contributed by atoms with Crippen LogP contribution in [0.2, 0.25) is 0 Å². The van der Waals surface area contributed by atoms with E-state index in [1.165, 1.54) is 6.20 Å². The molecule has 0 aliphatic rings. The summed E-state index contributed by atoms with van der Waals surface area (Å²) in [4.78, 5) is 28.8. The van der Waals surface area contributed by atoms with E-state index in [9.17, 15) is 9.59 Å². The second-order valence-electron chi connectivity index (χ2n) is 5.84. The van der Waals surface area contributed by atoms with Crippen molar-refractivity contribution >= 4 is 17.3 Å². The monoisotopic (exact) mass is 330 g/mol. The Morgan fingerprint density at radius 1 is 1.00 bits per heavy atom. The molecule has 0 amide bonds. The number of esters is 1. The predicted molar refractivity (Wildman–Crippen MR) is 96.1 cm³/mol. The van der Waals surface area contributed by atoms with Gasteiger partial charge in [-0.1, -0.05) is 37.3 Å². The van der Waals surface area contributed by atoms with Crippen LogP contribution in [0.15, 0.2) is 48.3 Å². The third-order valence-electron chi connectivity index (χ3n) is 3.01. The molecule has 0 N–H and O–H groups in total. The number of Topliss-reactive ketones (excluding diaryl/α,β-unsaturated/α-hetero) is 1. The Hall–Kier alpha value is -2.56. The first kappa shape index (κ1) is 19.5. The van der Waals surface area contributed by atoms with Crippen molar-refractivity contribution in [3.8, 4) is 0 Å². The average Bonchev–Trinajstić information content (AvgIpc) is 2.55. The highest BCUT2D eigenvalue weighted by molar-refractivity contribution is 6.36. The number of hydrogen-bond donors (Lipinski definition) is 0. The van der Waals surface area contributed by atoms with Crippen LogP contribution >= 0.6 is 0 Å². The summed E-state index contributed by atoms with van der Waals surface area (Å²) in [6.07, 6.45) is 3.93. The number of ketones is 1. The van der Waals surface area contributed by atoms with Gasteiger partial charge in [-0.05, 0) is 12.0 Å². The van der Waals surface area contributed by atoms with E-state index in [-0.39, 0.29) is 18.0 Å². The van der Waals surface area contributed by atoms with E-state index >= 15 is 0 Å². The average molecular weight is 330 g/mol. The minimum absolute atomic E-state index is 0.0189. The van der Waals surface area contributed by atoms with Crippen molar-refractivity contribution in [3.63, 3.8) is 0 Å². The van der Waals surface area contributed by atoms with Gasteiger partial charge >= 0.3 is 5.97 Å². The summed E-state index contributed by atoms with van der Waals surface area (Å²) in [7, 11) is 7.19. The summed E-state index contributed by atoms with van der Waals surface area (Å²) < 4.78 is 5.17. The van der Waals surface area contributed by atoms with Gasteiger partial charge in [-0.3, -0.25) is 4.79 Å². The molecule has 0 bridgehead atoms. The smallest absolute Gasteiger partial charge is 0.343 e. The molecular weight excluding hydrogens is 304 g/mol. The van der Waals surface area contributed by atoms with Crippen LogP contribution in [0.25, 0.3) is 5.57 Å². The lowest BCUT2D eigenvalue weighted by Gasteiger charge is -2.15. The SMILES string of the molecule is CCCOC(=O)/C(=C\N(C)C)C(=O)/C(=C/N(C)C)c1ccccc1. The molecule has 0 aliphatic carbocycles. The molecule has 0 fully saturated rings. The maximum atomic E-state index is 13.0. The first-order valence-electron chi connectivity index (χ1n) is 7.90. The molecule has 0 heterocycles. The van der Waals surface area contributed by atoms with Crippen molar-refractivity contribution < 1.29 is 14.3 Å². The van der Waals surface area contributed by atoms with Crippen LogP contribution in [0.3, 0.4) is 0 Å². The van der Waals surface area contributed by atoms with E-state index < -0.39 is 5.97 Å². The van der Waals surface area contributed by atoms with Crippen molar-refractivity contribution in [3.05, 3.63) is 53.9 Å². The van der Waals surface area contributed by atoms with Gasteiger partial charge in [0.15, 0.2) is 0 Å². The number of ether oxygens (including phenoxy) is 1. The fourth-order valence-corrected chi connectivity index (χ4v) is 2.02. The highest BCUT2D eigenvalue weighted by atomic mass is 16.5.